The lowest BCUT2D eigenvalue weighted by molar-refractivity contribution is 0.360. The Labute approximate surface area is 388 Å². The molecule has 0 N–H and O–H groups in total. The summed E-state index contributed by atoms with van der Waals surface area (Å²) in [4.78, 5) is 15.7. The van der Waals surface area contributed by atoms with Crippen LogP contribution in [0, 0.1) is 0 Å². The quantitative estimate of drug-likeness (QED) is 0.160. The molecule has 1 aromatic heterocycles. The lowest BCUT2D eigenvalue weighted by Gasteiger charge is -2.34. The van der Waals surface area contributed by atoms with Crippen molar-refractivity contribution >= 4 is 10.8 Å². The fraction of sp³-hybridized carbons (Fsp3) is 0.0161. The van der Waals surface area contributed by atoms with E-state index in [0.29, 0.717) is 40.5 Å². The fourth-order valence-electron chi connectivity index (χ4n) is 10.4. The normalized spacial score (nSPS) is 12.8. The zero-order valence-electron chi connectivity index (χ0n) is 36.2. The first-order chi connectivity index (χ1) is 33.2. The van der Waals surface area contributed by atoms with E-state index in [1.807, 2.05) is 60.7 Å². The van der Waals surface area contributed by atoms with Crippen molar-refractivity contribution in [3.8, 4) is 90.5 Å². The first kappa shape index (κ1) is 38.5. The van der Waals surface area contributed by atoms with E-state index < -0.39 is 5.41 Å². The van der Waals surface area contributed by atoms with Gasteiger partial charge in [0, 0.05) is 22.3 Å². The van der Waals surface area contributed by atoms with E-state index in [4.69, 9.17) is 24.4 Å². The van der Waals surface area contributed by atoms with Gasteiger partial charge in [0.25, 0.3) is 0 Å². The smallest absolute Gasteiger partial charge is 0.177 e. The van der Waals surface area contributed by atoms with Crippen LogP contribution in [0.1, 0.15) is 22.3 Å². The third-order valence-electron chi connectivity index (χ3n) is 13.3. The first-order valence-corrected chi connectivity index (χ1v) is 22.6. The molecule has 0 amide bonds. The summed E-state index contributed by atoms with van der Waals surface area (Å²) >= 11 is 0. The minimum absolute atomic E-state index is 0.554. The Kier molecular flexibility index (Phi) is 9.00. The standard InChI is InChI=1S/C62H39N3O2/c1-5-20-40(21-6-1)44-36-37-51(46-29-14-13-28-45(44)46)61-64-59(41-22-7-2-8-23-41)63-60(65-61)50-32-16-15-30-47(50)49-33-19-35-55-58(49)67-56-38-52-48-31-17-18-34-53(48)62(42-24-9-3-10-25-42,43-26-11-4-12-27-43)54(52)39-57(56)66-55/h1-39H. The summed E-state index contributed by atoms with van der Waals surface area (Å²) in [7, 11) is 0. The maximum absolute atomic E-state index is 7.08. The number of ether oxygens (including phenoxy) is 2. The van der Waals surface area contributed by atoms with Crippen molar-refractivity contribution < 1.29 is 9.47 Å². The van der Waals surface area contributed by atoms with Crippen LogP contribution in [0.3, 0.4) is 0 Å². The van der Waals surface area contributed by atoms with Gasteiger partial charge in [-0.1, -0.05) is 212 Å². The van der Waals surface area contributed by atoms with Gasteiger partial charge in [-0.2, -0.15) is 0 Å². The molecule has 0 atom stereocenters. The Balaban J connectivity index is 0.955. The van der Waals surface area contributed by atoms with Crippen LogP contribution in [0.2, 0.25) is 0 Å². The molecule has 67 heavy (non-hydrogen) atoms. The van der Waals surface area contributed by atoms with Crippen molar-refractivity contribution in [1.82, 2.24) is 15.0 Å². The molecule has 2 heterocycles. The molecule has 10 aromatic carbocycles. The molecule has 5 heteroatoms. The third kappa shape index (κ3) is 6.20. The van der Waals surface area contributed by atoms with Crippen molar-refractivity contribution in [3.05, 3.63) is 259 Å². The van der Waals surface area contributed by atoms with Gasteiger partial charge in [0.05, 0.1) is 5.41 Å². The van der Waals surface area contributed by atoms with Gasteiger partial charge in [-0.05, 0) is 85.1 Å². The number of hydrogen-bond donors (Lipinski definition) is 0. The minimum Gasteiger partial charge on any atom is -0.449 e. The Bertz CT molecular complexity index is 3650. The highest BCUT2D eigenvalue weighted by atomic mass is 16.6. The van der Waals surface area contributed by atoms with Crippen LogP contribution in [0.15, 0.2) is 237 Å². The molecular formula is C62H39N3O2. The second kappa shape index (κ2) is 15.7. The first-order valence-electron chi connectivity index (χ1n) is 22.6. The highest BCUT2D eigenvalue weighted by Crippen LogP contribution is 2.60. The highest BCUT2D eigenvalue weighted by Gasteiger charge is 2.47. The molecule has 1 aliphatic heterocycles. The van der Waals surface area contributed by atoms with E-state index in [-0.39, 0.29) is 0 Å². The molecule has 11 aromatic rings. The zero-order chi connectivity index (χ0) is 44.3. The molecule has 0 spiro atoms. The maximum atomic E-state index is 7.08. The predicted molar refractivity (Wildman–Crippen MR) is 268 cm³/mol. The fourth-order valence-corrected chi connectivity index (χ4v) is 10.4. The molecule has 13 rings (SSSR count). The van der Waals surface area contributed by atoms with Crippen LogP contribution < -0.4 is 9.47 Å². The molecule has 1 aliphatic carbocycles. The van der Waals surface area contributed by atoms with Gasteiger partial charge in [-0.15, -0.1) is 0 Å². The summed E-state index contributed by atoms with van der Waals surface area (Å²) in [6.07, 6.45) is 0. The number of benzene rings is 10. The van der Waals surface area contributed by atoms with Gasteiger partial charge >= 0.3 is 0 Å². The molecule has 0 unspecified atom stereocenters. The van der Waals surface area contributed by atoms with E-state index in [9.17, 15) is 0 Å². The van der Waals surface area contributed by atoms with Gasteiger partial charge in [0.1, 0.15) is 0 Å². The lowest BCUT2D eigenvalue weighted by Crippen LogP contribution is -2.28. The second-order valence-corrected chi connectivity index (χ2v) is 17.0. The molecule has 0 bridgehead atoms. The van der Waals surface area contributed by atoms with Crippen molar-refractivity contribution in [3.63, 3.8) is 0 Å². The van der Waals surface area contributed by atoms with Gasteiger partial charge in [0.2, 0.25) is 0 Å². The number of nitrogens with zero attached hydrogens (tertiary/aromatic N) is 3. The van der Waals surface area contributed by atoms with Crippen LogP contribution in [-0.4, -0.2) is 15.0 Å². The summed E-state index contributed by atoms with van der Waals surface area (Å²) in [6, 6.07) is 82.4. The molecule has 5 nitrogen and oxygen atoms in total. The van der Waals surface area contributed by atoms with Crippen molar-refractivity contribution in [2.75, 3.05) is 0 Å². The summed E-state index contributed by atoms with van der Waals surface area (Å²) in [5.41, 5.74) is 13.2. The van der Waals surface area contributed by atoms with Crippen LogP contribution in [0.25, 0.3) is 78.3 Å². The molecule has 0 fully saturated rings. The minimum atomic E-state index is -0.563. The maximum Gasteiger partial charge on any atom is 0.177 e. The predicted octanol–water partition coefficient (Wildman–Crippen LogP) is 15.6. The summed E-state index contributed by atoms with van der Waals surface area (Å²) in [6.45, 7) is 0. The average molecular weight is 858 g/mol. The van der Waals surface area contributed by atoms with E-state index >= 15 is 0 Å². The highest BCUT2D eigenvalue weighted by molar-refractivity contribution is 6.04. The molecule has 314 valence electrons. The average Bonchev–Trinajstić information content (AvgIpc) is 3.69. The second-order valence-electron chi connectivity index (χ2n) is 17.0. The van der Waals surface area contributed by atoms with Crippen LogP contribution >= 0.6 is 0 Å². The van der Waals surface area contributed by atoms with E-state index in [1.165, 1.54) is 22.3 Å². The van der Waals surface area contributed by atoms with E-state index in [2.05, 4.69) is 176 Å². The Morgan fingerprint density at radius 1 is 0.284 bits per heavy atom. The van der Waals surface area contributed by atoms with Crippen LogP contribution in [0.5, 0.6) is 23.0 Å². The van der Waals surface area contributed by atoms with Crippen LogP contribution in [0.4, 0.5) is 0 Å². The number of rotatable bonds is 7. The largest absolute Gasteiger partial charge is 0.449 e. The van der Waals surface area contributed by atoms with Crippen LogP contribution in [-0.2, 0) is 5.41 Å². The number of para-hydroxylation sites is 1. The van der Waals surface area contributed by atoms with E-state index in [0.717, 1.165) is 60.8 Å². The lowest BCUT2D eigenvalue weighted by atomic mass is 9.67. The number of aromatic nitrogens is 3. The zero-order valence-corrected chi connectivity index (χ0v) is 36.2. The van der Waals surface area contributed by atoms with E-state index in [1.54, 1.807) is 0 Å². The number of fused-ring (bicyclic) bond motifs is 6. The Morgan fingerprint density at radius 2 is 0.791 bits per heavy atom. The molecule has 0 saturated carbocycles. The topological polar surface area (TPSA) is 57.1 Å². The molecule has 0 saturated heterocycles. The van der Waals surface area contributed by atoms with Crippen molar-refractivity contribution in [2.24, 2.45) is 0 Å². The monoisotopic (exact) mass is 857 g/mol. The van der Waals surface area contributed by atoms with Crippen molar-refractivity contribution in [1.29, 1.82) is 0 Å². The van der Waals surface area contributed by atoms with Gasteiger partial charge in [0.15, 0.2) is 40.5 Å². The van der Waals surface area contributed by atoms with Gasteiger partial charge < -0.3 is 9.47 Å². The third-order valence-corrected chi connectivity index (χ3v) is 13.3. The number of hydrogen-bond acceptors (Lipinski definition) is 5. The van der Waals surface area contributed by atoms with Gasteiger partial charge in [-0.25, -0.2) is 15.0 Å². The summed E-state index contributed by atoms with van der Waals surface area (Å²) < 4.78 is 14.0. The summed E-state index contributed by atoms with van der Waals surface area (Å²) in [5, 5.41) is 2.19. The summed E-state index contributed by atoms with van der Waals surface area (Å²) in [5.74, 6) is 4.32. The molecule has 0 radical (unpaired) electrons. The van der Waals surface area contributed by atoms with Crippen molar-refractivity contribution in [2.45, 2.75) is 5.41 Å². The molecular weight excluding hydrogens is 819 g/mol. The Morgan fingerprint density at radius 3 is 1.49 bits per heavy atom. The SMILES string of the molecule is c1ccc(-c2nc(-c3ccccc3-c3cccc4c3Oc3cc5c(cc3O4)C(c3ccccc3)(c3ccccc3)c3ccccc3-5)nc(-c3ccc(-c4ccccc4)c4ccccc34)n2)cc1. The van der Waals surface area contributed by atoms with Gasteiger partial charge in [-0.3, -0.25) is 0 Å². The molecule has 2 aliphatic rings. The Hall–Kier alpha value is -8.93.